The first-order valence-corrected chi connectivity index (χ1v) is 3.91. The number of nitrogens with one attached hydrogen (secondary N) is 1. The Hall–Kier alpha value is -1.82. The molecule has 1 aromatic carbocycles. The predicted octanol–water partition coefficient (Wildman–Crippen LogP) is 3.63. The third kappa shape index (κ3) is 5.17. The molecule has 0 amide bonds. The highest BCUT2D eigenvalue weighted by Gasteiger charge is 2.35. The van der Waals surface area contributed by atoms with E-state index < -0.39 is 23.5 Å². The predicted molar refractivity (Wildman–Crippen MR) is 44.9 cm³/mol. The van der Waals surface area contributed by atoms with Crippen molar-refractivity contribution in [2.24, 2.45) is 0 Å². The molecule has 0 aliphatic carbocycles. The van der Waals surface area contributed by atoms with Gasteiger partial charge in [-0.2, -0.15) is 26.3 Å². The lowest BCUT2D eigenvalue weighted by molar-refractivity contribution is -0.143. The molecule has 0 unspecified atom stereocenters. The van der Waals surface area contributed by atoms with Crippen LogP contribution < -0.4 is 0 Å². The number of alkyl halides is 6. The van der Waals surface area contributed by atoms with Crippen molar-refractivity contribution in [1.29, 1.82) is 5.41 Å². The second kappa shape index (κ2) is 5.49. The summed E-state index contributed by atoms with van der Waals surface area (Å²) in [6.07, 6.45) is -8.75. The summed E-state index contributed by atoms with van der Waals surface area (Å²) in [4.78, 5) is 8.35. The van der Waals surface area contributed by atoms with Crippen molar-refractivity contribution in [2.45, 2.75) is 12.4 Å². The molecule has 8 heteroatoms. The molecule has 0 saturated heterocycles. The Morgan fingerprint density at radius 3 is 1.47 bits per heavy atom. The molecule has 17 heavy (non-hydrogen) atoms. The number of isocyanates is 1. The van der Waals surface area contributed by atoms with Crippen molar-refractivity contribution < 1.29 is 31.1 Å². The summed E-state index contributed by atoms with van der Waals surface area (Å²) in [5.41, 5.74) is -2.60. The van der Waals surface area contributed by atoms with Crippen molar-refractivity contribution in [3.63, 3.8) is 0 Å². The van der Waals surface area contributed by atoms with E-state index in [4.69, 9.17) is 10.2 Å². The molecule has 0 radical (unpaired) electrons. The molecule has 94 valence electrons. The van der Waals surface area contributed by atoms with Gasteiger partial charge in [-0.15, -0.1) is 0 Å². The van der Waals surface area contributed by atoms with Crippen LogP contribution in [-0.4, -0.2) is 6.08 Å². The number of hydrogen-bond donors (Lipinski definition) is 1. The minimum atomic E-state index is -4.75. The summed E-state index contributed by atoms with van der Waals surface area (Å²) in [5.74, 6) is 0. The molecule has 0 heterocycles. The van der Waals surface area contributed by atoms with Gasteiger partial charge in [0.2, 0.25) is 6.08 Å². The molecule has 1 rings (SSSR count). The summed E-state index contributed by atoms with van der Waals surface area (Å²) < 4.78 is 71.9. The van der Waals surface area contributed by atoms with E-state index in [-0.39, 0.29) is 6.07 Å². The average Bonchev–Trinajstić information content (AvgIpc) is 2.16. The van der Waals surface area contributed by atoms with Gasteiger partial charge in [0.25, 0.3) is 0 Å². The molecule has 0 aliphatic heterocycles. The summed E-state index contributed by atoms with van der Waals surface area (Å²) in [6, 6.07) is 2.00. The highest BCUT2D eigenvalue weighted by atomic mass is 19.4. The minimum Gasteiger partial charge on any atom is -0.222 e. The minimum absolute atomic E-state index is 0.0833. The van der Waals surface area contributed by atoms with Crippen molar-refractivity contribution in [1.82, 2.24) is 0 Å². The number of benzene rings is 1. The van der Waals surface area contributed by atoms with Gasteiger partial charge in [-0.3, -0.25) is 0 Å². The van der Waals surface area contributed by atoms with Crippen LogP contribution in [0.25, 0.3) is 0 Å². The zero-order valence-electron chi connectivity index (χ0n) is 7.99. The highest BCUT2D eigenvalue weighted by Crippen LogP contribution is 2.34. The van der Waals surface area contributed by atoms with Crippen LogP contribution in [0.5, 0.6) is 0 Å². The Morgan fingerprint density at radius 1 is 0.941 bits per heavy atom. The first-order valence-electron chi connectivity index (χ1n) is 3.91. The van der Waals surface area contributed by atoms with Gasteiger partial charge in [-0.1, -0.05) is 6.07 Å². The van der Waals surface area contributed by atoms with E-state index >= 15 is 0 Å². The van der Waals surface area contributed by atoms with Gasteiger partial charge in [0, 0.05) is 0 Å². The van der Waals surface area contributed by atoms with Crippen LogP contribution in [0.3, 0.4) is 0 Å². The Kier molecular flexibility index (Phi) is 4.90. The van der Waals surface area contributed by atoms with Gasteiger partial charge >= 0.3 is 12.4 Å². The quantitative estimate of drug-likeness (QED) is 0.430. The Morgan fingerprint density at radius 2 is 1.24 bits per heavy atom. The van der Waals surface area contributed by atoms with E-state index in [0.29, 0.717) is 12.1 Å². The average molecular weight is 257 g/mol. The van der Waals surface area contributed by atoms with Crippen LogP contribution in [0.4, 0.5) is 26.3 Å². The highest BCUT2D eigenvalue weighted by molar-refractivity contribution is 5.27. The fourth-order valence-electron chi connectivity index (χ4n) is 0.872. The SMILES string of the molecule is FC(F)(F)c1cccc(C(F)(F)F)c1.N=C=O. The summed E-state index contributed by atoms with van der Waals surface area (Å²) in [6.45, 7) is 0. The van der Waals surface area contributed by atoms with Crippen molar-refractivity contribution >= 4 is 6.08 Å². The molecule has 0 atom stereocenters. The fourth-order valence-corrected chi connectivity index (χ4v) is 0.872. The second-order valence-corrected chi connectivity index (χ2v) is 2.68. The first kappa shape index (κ1) is 15.2. The van der Waals surface area contributed by atoms with Crippen molar-refractivity contribution in [2.75, 3.05) is 0 Å². The van der Waals surface area contributed by atoms with Crippen LogP contribution in [0.2, 0.25) is 0 Å². The maximum atomic E-state index is 12.0. The van der Waals surface area contributed by atoms with E-state index in [1.807, 2.05) is 0 Å². The molecule has 0 saturated carbocycles. The molecule has 0 spiro atoms. The summed E-state index contributed by atoms with van der Waals surface area (Å²) >= 11 is 0. The molecule has 0 aromatic heterocycles. The number of halogens is 6. The summed E-state index contributed by atoms with van der Waals surface area (Å²) in [5, 5.41) is 5.40. The normalized spacial score (nSPS) is 11.2. The number of hydrogen-bond acceptors (Lipinski definition) is 2. The van der Waals surface area contributed by atoms with Crippen molar-refractivity contribution in [3.8, 4) is 0 Å². The van der Waals surface area contributed by atoms with Crippen LogP contribution in [-0.2, 0) is 17.1 Å². The second-order valence-electron chi connectivity index (χ2n) is 2.68. The van der Waals surface area contributed by atoms with Crippen LogP contribution in [0, 0.1) is 5.41 Å². The maximum absolute atomic E-state index is 12.0. The van der Waals surface area contributed by atoms with E-state index in [0.717, 1.165) is 12.1 Å². The van der Waals surface area contributed by atoms with E-state index in [1.54, 1.807) is 0 Å². The van der Waals surface area contributed by atoms with Crippen LogP contribution in [0.15, 0.2) is 24.3 Å². The topological polar surface area (TPSA) is 40.9 Å². The van der Waals surface area contributed by atoms with Gasteiger partial charge in [0.05, 0.1) is 11.1 Å². The Labute approximate surface area is 91.4 Å². The largest absolute Gasteiger partial charge is 0.416 e. The number of rotatable bonds is 0. The van der Waals surface area contributed by atoms with E-state index in [1.165, 1.54) is 0 Å². The zero-order chi connectivity index (χ0) is 13.7. The van der Waals surface area contributed by atoms with Gasteiger partial charge in [0.1, 0.15) is 0 Å². The standard InChI is InChI=1S/C8H4F6.CHNO/c9-7(10,11)5-2-1-3-6(4-5)8(12,13)14;2-1-3/h1-4H;2H. The van der Waals surface area contributed by atoms with Crippen molar-refractivity contribution in [3.05, 3.63) is 35.4 Å². The fraction of sp³-hybridized carbons (Fsp3) is 0.222. The zero-order valence-corrected chi connectivity index (χ0v) is 7.99. The maximum Gasteiger partial charge on any atom is 0.416 e. The first-order chi connectivity index (χ1) is 7.62. The third-order valence-corrected chi connectivity index (χ3v) is 1.52. The van der Waals surface area contributed by atoms with Gasteiger partial charge in [-0.25, -0.2) is 10.2 Å². The monoisotopic (exact) mass is 257 g/mol. The lowest BCUT2D eigenvalue weighted by Crippen LogP contribution is -2.09. The van der Waals surface area contributed by atoms with Gasteiger partial charge in [-0.05, 0) is 18.2 Å². The molecule has 2 nitrogen and oxygen atoms in total. The molecule has 1 aromatic rings. The Balaban J connectivity index is 0.000000770. The lowest BCUT2D eigenvalue weighted by Gasteiger charge is -2.10. The number of carbonyl (C=O) groups excluding carboxylic acids is 1. The van der Waals surface area contributed by atoms with Crippen LogP contribution in [0.1, 0.15) is 11.1 Å². The van der Waals surface area contributed by atoms with E-state index in [9.17, 15) is 26.3 Å². The summed E-state index contributed by atoms with van der Waals surface area (Å²) in [7, 11) is 0. The van der Waals surface area contributed by atoms with Crippen LogP contribution >= 0.6 is 0 Å². The Bertz CT molecular complexity index is 373. The molecular weight excluding hydrogens is 252 g/mol. The molecular formula is C9H5F6NO. The molecule has 0 bridgehead atoms. The van der Waals surface area contributed by atoms with E-state index in [2.05, 4.69) is 0 Å². The van der Waals surface area contributed by atoms with Gasteiger partial charge < -0.3 is 0 Å². The molecule has 0 aliphatic rings. The smallest absolute Gasteiger partial charge is 0.222 e. The van der Waals surface area contributed by atoms with Gasteiger partial charge in [0.15, 0.2) is 0 Å². The lowest BCUT2D eigenvalue weighted by atomic mass is 10.1. The molecule has 1 N–H and O–H groups in total. The molecule has 0 fully saturated rings. The third-order valence-electron chi connectivity index (χ3n) is 1.52.